The third-order valence-corrected chi connectivity index (χ3v) is 4.83. The lowest BCUT2D eigenvalue weighted by Gasteiger charge is -2.21. The van der Waals surface area contributed by atoms with E-state index in [0.717, 1.165) is 4.31 Å². The lowest BCUT2D eigenvalue weighted by Crippen LogP contribution is -2.33. The molecule has 0 aromatic heterocycles. The van der Waals surface area contributed by atoms with E-state index in [4.69, 9.17) is 0 Å². The largest absolute Gasteiger partial charge is 0.316 e. The lowest BCUT2D eigenvalue weighted by molar-refractivity contribution is 0.407. The highest BCUT2D eigenvalue weighted by Gasteiger charge is 2.26. The smallest absolute Gasteiger partial charge is 0.245 e. The Morgan fingerprint density at radius 2 is 2.00 bits per heavy atom. The molecule has 0 spiro atoms. The molecule has 1 N–H and O–H groups in total. The molecule has 18 heavy (non-hydrogen) atoms. The van der Waals surface area contributed by atoms with Crippen LogP contribution >= 0.6 is 0 Å². The highest BCUT2D eigenvalue weighted by atomic mass is 32.2. The standard InChI is InChI=1S/C12H19FN2O2S/c1-9(2)15(4)18(16,17)12-6-5-10(8-14-3)7-11(12)13/h5-7,9,14H,8H2,1-4H3. The molecule has 4 nitrogen and oxygen atoms in total. The Bertz CT molecular complexity index is 515. The maximum absolute atomic E-state index is 13.9. The average Bonchev–Trinajstić information content (AvgIpc) is 2.28. The van der Waals surface area contributed by atoms with Gasteiger partial charge in [-0.2, -0.15) is 4.31 Å². The summed E-state index contributed by atoms with van der Waals surface area (Å²) in [5.74, 6) is -0.713. The highest BCUT2D eigenvalue weighted by molar-refractivity contribution is 7.89. The molecule has 0 unspecified atom stereocenters. The van der Waals surface area contributed by atoms with Gasteiger partial charge in [-0.15, -0.1) is 0 Å². The summed E-state index contributed by atoms with van der Waals surface area (Å²) in [6.07, 6.45) is 0. The normalized spacial score (nSPS) is 12.4. The van der Waals surface area contributed by atoms with Crippen molar-refractivity contribution in [3.63, 3.8) is 0 Å². The van der Waals surface area contributed by atoms with Gasteiger partial charge >= 0.3 is 0 Å². The van der Waals surface area contributed by atoms with Crippen LogP contribution in [0.4, 0.5) is 4.39 Å². The van der Waals surface area contributed by atoms with Crippen LogP contribution in [0.25, 0.3) is 0 Å². The number of nitrogens with one attached hydrogen (secondary N) is 1. The summed E-state index contributed by atoms with van der Waals surface area (Å²) in [5, 5.41) is 2.88. The van der Waals surface area contributed by atoms with E-state index in [1.54, 1.807) is 27.0 Å². The molecule has 0 saturated carbocycles. The van der Waals surface area contributed by atoms with Crippen LogP contribution in [-0.2, 0) is 16.6 Å². The van der Waals surface area contributed by atoms with Gasteiger partial charge in [-0.05, 0) is 38.6 Å². The van der Waals surface area contributed by atoms with Crippen molar-refractivity contribution in [2.75, 3.05) is 14.1 Å². The van der Waals surface area contributed by atoms with E-state index >= 15 is 0 Å². The molecule has 1 rings (SSSR count). The van der Waals surface area contributed by atoms with Gasteiger partial charge in [0, 0.05) is 19.6 Å². The quantitative estimate of drug-likeness (QED) is 0.886. The first-order valence-electron chi connectivity index (χ1n) is 5.71. The molecule has 102 valence electrons. The maximum atomic E-state index is 13.9. The number of sulfonamides is 1. The van der Waals surface area contributed by atoms with Crippen molar-refractivity contribution < 1.29 is 12.8 Å². The Hall–Kier alpha value is -0.980. The minimum atomic E-state index is -3.76. The number of hydrogen-bond donors (Lipinski definition) is 1. The van der Waals surface area contributed by atoms with Crippen LogP contribution in [0.1, 0.15) is 19.4 Å². The Labute approximate surface area is 108 Å². The molecular weight excluding hydrogens is 255 g/mol. The topological polar surface area (TPSA) is 49.4 Å². The molecule has 0 heterocycles. The molecule has 6 heteroatoms. The lowest BCUT2D eigenvalue weighted by atomic mass is 10.2. The second-order valence-corrected chi connectivity index (χ2v) is 6.38. The summed E-state index contributed by atoms with van der Waals surface area (Å²) in [7, 11) is -0.572. The van der Waals surface area contributed by atoms with E-state index < -0.39 is 15.8 Å². The number of halogens is 1. The van der Waals surface area contributed by atoms with Gasteiger partial charge in [0.1, 0.15) is 10.7 Å². The van der Waals surface area contributed by atoms with Gasteiger partial charge in [-0.3, -0.25) is 0 Å². The minimum absolute atomic E-state index is 0.216. The van der Waals surface area contributed by atoms with Gasteiger partial charge in [0.15, 0.2) is 0 Å². The summed E-state index contributed by atoms with van der Waals surface area (Å²) in [4.78, 5) is -0.279. The van der Waals surface area contributed by atoms with Gasteiger partial charge < -0.3 is 5.32 Å². The first-order chi connectivity index (χ1) is 8.30. The van der Waals surface area contributed by atoms with Gasteiger partial charge in [-0.1, -0.05) is 6.07 Å². The van der Waals surface area contributed by atoms with Crippen LogP contribution in [0.5, 0.6) is 0 Å². The van der Waals surface area contributed by atoms with E-state index in [0.29, 0.717) is 12.1 Å². The number of rotatable bonds is 5. The molecule has 0 atom stereocenters. The predicted octanol–water partition coefficient (Wildman–Crippen LogP) is 1.57. The van der Waals surface area contributed by atoms with Gasteiger partial charge in [0.25, 0.3) is 0 Å². The van der Waals surface area contributed by atoms with Crippen LogP contribution in [0.2, 0.25) is 0 Å². The van der Waals surface area contributed by atoms with E-state index in [-0.39, 0.29) is 10.9 Å². The first kappa shape index (κ1) is 15.1. The van der Waals surface area contributed by atoms with Gasteiger partial charge in [0.2, 0.25) is 10.0 Å². The Morgan fingerprint density at radius 1 is 1.39 bits per heavy atom. The van der Waals surface area contributed by atoms with Crippen molar-refractivity contribution in [1.29, 1.82) is 0 Å². The molecule has 1 aromatic carbocycles. The zero-order chi connectivity index (χ0) is 13.9. The summed E-state index contributed by atoms with van der Waals surface area (Å²) in [6, 6.07) is 3.96. The monoisotopic (exact) mass is 274 g/mol. The number of nitrogens with zero attached hydrogens (tertiary/aromatic N) is 1. The van der Waals surface area contributed by atoms with Crippen LogP contribution in [0.3, 0.4) is 0 Å². The van der Waals surface area contributed by atoms with Crippen LogP contribution in [0, 0.1) is 5.82 Å². The van der Waals surface area contributed by atoms with E-state index in [1.165, 1.54) is 19.2 Å². The third-order valence-electron chi connectivity index (χ3n) is 2.76. The van der Waals surface area contributed by atoms with Crippen molar-refractivity contribution in [3.05, 3.63) is 29.6 Å². The highest BCUT2D eigenvalue weighted by Crippen LogP contribution is 2.20. The number of hydrogen-bond acceptors (Lipinski definition) is 3. The van der Waals surface area contributed by atoms with Crippen LogP contribution in [-0.4, -0.2) is 32.9 Å². The van der Waals surface area contributed by atoms with Gasteiger partial charge in [0.05, 0.1) is 0 Å². The maximum Gasteiger partial charge on any atom is 0.245 e. The van der Waals surface area contributed by atoms with E-state index in [9.17, 15) is 12.8 Å². The summed E-state index contributed by atoms with van der Waals surface area (Å²) in [5.41, 5.74) is 0.709. The van der Waals surface area contributed by atoms with E-state index in [2.05, 4.69) is 5.32 Å². The Balaban J connectivity index is 3.18. The van der Waals surface area contributed by atoms with E-state index in [1.807, 2.05) is 0 Å². The molecule has 0 radical (unpaired) electrons. The fourth-order valence-electron chi connectivity index (χ4n) is 1.50. The predicted molar refractivity (Wildman–Crippen MR) is 69.2 cm³/mol. The zero-order valence-corrected chi connectivity index (χ0v) is 11.9. The molecular formula is C12H19FN2O2S. The molecule has 1 aromatic rings. The molecule has 0 bridgehead atoms. The summed E-state index contributed by atoms with van der Waals surface area (Å²) < 4.78 is 39.3. The SMILES string of the molecule is CNCc1ccc(S(=O)(=O)N(C)C(C)C)c(F)c1. The summed E-state index contributed by atoms with van der Waals surface area (Å²) >= 11 is 0. The van der Waals surface area contributed by atoms with Crippen LogP contribution < -0.4 is 5.32 Å². The molecule has 0 aliphatic rings. The molecule has 0 saturated heterocycles. The van der Waals surface area contributed by atoms with Crippen molar-refractivity contribution in [2.24, 2.45) is 0 Å². The van der Waals surface area contributed by atoms with Crippen molar-refractivity contribution in [2.45, 2.75) is 31.3 Å². The zero-order valence-electron chi connectivity index (χ0n) is 11.1. The minimum Gasteiger partial charge on any atom is -0.316 e. The molecule has 0 aliphatic heterocycles. The Kier molecular flexibility index (Phi) is 4.84. The van der Waals surface area contributed by atoms with Crippen molar-refractivity contribution in [1.82, 2.24) is 9.62 Å². The average molecular weight is 274 g/mol. The fourth-order valence-corrected chi connectivity index (χ4v) is 2.91. The third kappa shape index (κ3) is 3.07. The Morgan fingerprint density at radius 3 is 2.44 bits per heavy atom. The molecule has 0 fully saturated rings. The summed E-state index contributed by atoms with van der Waals surface area (Å²) in [6.45, 7) is 3.98. The fraction of sp³-hybridized carbons (Fsp3) is 0.500. The second-order valence-electron chi connectivity index (χ2n) is 4.41. The molecule has 0 amide bonds. The van der Waals surface area contributed by atoms with Crippen LogP contribution in [0.15, 0.2) is 23.1 Å². The second kappa shape index (κ2) is 5.77. The van der Waals surface area contributed by atoms with Crippen molar-refractivity contribution in [3.8, 4) is 0 Å². The first-order valence-corrected chi connectivity index (χ1v) is 7.15. The van der Waals surface area contributed by atoms with Gasteiger partial charge in [-0.25, -0.2) is 12.8 Å². The molecule has 0 aliphatic carbocycles. The number of benzene rings is 1. The van der Waals surface area contributed by atoms with Crippen molar-refractivity contribution >= 4 is 10.0 Å².